The van der Waals surface area contributed by atoms with Crippen molar-refractivity contribution in [3.63, 3.8) is 0 Å². The smallest absolute Gasteiger partial charge is 0.137 e. The zero-order valence-electron chi connectivity index (χ0n) is 11.1. The Labute approximate surface area is 126 Å². The molecule has 3 nitrogen and oxygen atoms in total. The molecule has 0 saturated heterocycles. The summed E-state index contributed by atoms with van der Waals surface area (Å²) >= 11 is 5.24. The second-order valence-electron chi connectivity index (χ2n) is 4.22. The highest BCUT2D eigenvalue weighted by atomic mass is 79.9. The van der Waals surface area contributed by atoms with E-state index in [1.165, 1.54) is 4.88 Å². The van der Waals surface area contributed by atoms with Crippen LogP contribution in [0.15, 0.2) is 28.2 Å². The topological polar surface area (TPSA) is 34.1 Å². The van der Waals surface area contributed by atoms with Gasteiger partial charge in [-0.05, 0) is 36.0 Å². The number of ether oxygens (including phenoxy) is 1. The van der Waals surface area contributed by atoms with Crippen LogP contribution in [0.3, 0.4) is 0 Å². The van der Waals surface area contributed by atoms with E-state index >= 15 is 0 Å². The van der Waals surface area contributed by atoms with Gasteiger partial charge in [0, 0.05) is 23.4 Å². The summed E-state index contributed by atoms with van der Waals surface area (Å²) in [4.78, 5) is 5.54. The Kier molecular flexibility index (Phi) is 5.36. The number of rotatable bonds is 6. The Hall–Kier alpha value is -0.910. The third kappa shape index (κ3) is 3.78. The third-order valence-corrected chi connectivity index (χ3v) is 4.46. The largest absolute Gasteiger partial charge is 0.492 e. The molecule has 0 aliphatic carbocycles. The normalized spacial score (nSPS) is 10.7. The quantitative estimate of drug-likeness (QED) is 0.872. The van der Waals surface area contributed by atoms with Crippen molar-refractivity contribution in [3.8, 4) is 5.75 Å². The van der Waals surface area contributed by atoms with Crippen molar-refractivity contribution < 1.29 is 4.74 Å². The maximum absolute atomic E-state index is 5.94. The average Bonchev–Trinajstić information content (AvgIpc) is 2.79. The monoisotopic (exact) mass is 340 g/mol. The molecule has 1 aromatic carbocycles. The Morgan fingerprint density at radius 1 is 1.42 bits per heavy atom. The van der Waals surface area contributed by atoms with Gasteiger partial charge in [-0.2, -0.15) is 0 Å². The van der Waals surface area contributed by atoms with Crippen LogP contribution in [0.5, 0.6) is 5.75 Å². The molecule has 0 spiro atoms. The lowest BCUT2D eigenvalue weighted by atomic mass is 10.2. The second kappa shape index (κ2) is 7.03. The van der Waals surface area contributed by atoms with Crippen LogP contribution in [0.4, 0.5) is 0 Å². The van der Waals surface area contributed by atoms with Gasteiger partial charge in [-0.1, -0.05) is 12.1 Å². The molecule has 0 bridgehead atoms. The van der Waals surface area contributed by atoms with E-state index < -0.39 is 0 Å². The molecule has 2 aromatic rings. The van der Waals surface area contributed by atoms with Gasteiger partial charge in [-0.15, -0.1) is 11.3 Å². The molecule has 19 heavy (non-hydrogen) atoms. The number of aryl methyl sites for hydroxylation is 1. The highest BCUT2D eigenvalue weighted by Gasteiger charge is 2.08. The lowest BCUT2D eigenvalue weighted by molar-refractivity contribution is 0.316. The van der Waals surface area contributed by atoms with Crippen molar-refractivity contribution in [3.05, 3.63) is 44.3 Å². The van der Waals surface area contributed by atoms with E-state index in [1.54, 1.807) is 11.3 Å². The predicted molar refractivity (Wildman–Crippen MR) is 83.0 cm³/mol. The lowest BCUT2D eigenvalue weighted by Crippen LogP contribution is -2.09. The summed E-state index contributed by atoms with van der Waals surface area (Å²) in [5.74, 6) is 0.930. The van der Waals surface area contributed by atoms with Gasteiger partial charge >= 0.3 is 0 Å². The lowest BCUT2D eigenvalue weighted by Gasteiger charge is -2.13. The molecule has 5 heteroatoms. The molecule has 1 N–H and O–H groups in total. The number of nitrogens with zero attached hydrogens (tertiary/aromatic N) is 1. The van der Waals surface area contributed by atoms with Crippen LogP contribution in [0.1, 0.15) is 16.1 Å². The molecule has 102 valence electrons. The summed E-state index contributed by atoms with van der Waals surface area (Å²) in [6.45, 7) is 3.51. The molecule has 0 amide bonds. The highest BCUT2D eigenvalue weighted by molar-refractivity contribution is 9.10. The molecular weight excluding hydrogens is 324 g/mol. The van der Waals surface area contributed by atoms with Crippen molar-refractivity contribution >= 4 is 27.3 Å². The standard InChI is InChI=1S/C14H17BrN2OS/c1-10-13(19-9-17-10)6-7-18-14-11(8-16-2)4-3-5-12(14)15/h3-5,9,16H,6-8H2,1-2H3. The molecule has 1 aromatic heterocycles. The van der Waals surface area contributed by atoms with E-state index in [9.17, 15) is 0 Å². The molecule has 0 fully saturated rings. The summed E-state index contributed by atoms with van der Waals surface area (Å²) in [5, 5.41) is 3.16. The summed E-state index contributed by atoms with van der Waals surface area (Å²) < 4.78 is 6.94. The molecular formula is C14H17BrN2OS. The second-order valence-corrected chi connectivity index (χ2v) is 6.01. The van der Waals surface area contributed by atoms with Crippen molar-refractivity contribution in [2.24, 2.45) is 0 Å². The first-order valence-electron chi connectivity index (χ1n) is 6.16. The van der Waals surface area contributed by atoms with Crippen molar-refractivity contribution in [2.75, 3.05) is 13.7 Å². The molecule has 0 unspecified atom stereocenters. The Morgan fingerprint density at radius 3 is 2.95 bits per heavy atom. The predicted octanol–water partition coefficient (Wildman–Crippen LogP) is 3.55. The van der Waals surface area contributed by atoms with Crippen LogP contribution in [-0.2, 0) is 13.0 Å². The number of halogens is 1. The number of benzene rings is 1. The maximum atomic E-state index is 5.94. The first-order chi connectivity index (χ1) is 9.22. The van der Waals surface area contributed by atoms with E-state index in [-0.39, 0.29) is 0 Å². The van der Waals surface area contributed by atoms with Crippen LogP contribution in [-0.4, -0.2) is 18.6 Å². The zero-order valence-corrected chi connectivity index (χ0v) is 13.5. The fourth-order valence-electron chi connectivity index (χ4n) is 1.86. The van der Waals surface area contributed by atoms with Crippen LogP contribution < -0.4 is 10.1 Å². The number of nitrogens with one attached hydrogen (secondary N) is 1. The summed E-state index contributed by atoms with van der Waals surface area (Å²) in [7, 11) is 1.94. The Balaban J connectivity index is 2.01. The molecule has 0 aliphatic heterocycles. The summed E-state index contributed by atoms with van der Waals surface area (Å²) in [6, 6.07) is 6.11. The zero-order chi connectivity index (χ0) is 13.7. The van der Waals surface area contributed by atoms with E-state index in [4.69, 9.17) is 4.74 Å². The number of para-hydroxylation sites is 1. The number of hydrogen-bond donors (Lipinski definition) is 1. The van der Waals surface area contributed by atoms with Crippen molar-refractivity contribution in [2.45, 2.75) is 19.9 Å². The number of thiazole rings is 1. The van der Waals surface area contributed by atoms with E-state index in [2.05, 4.69) is 32.3 Å². The van der Waals surface area contributed by atoms with Gasteiger partial charge in [-0.3, -0.25) is 0 Å². The fourth-order valence-corrected chi connectivity index (χ4v) is 3.14. The number of hydrogen-bond acceptors (Lipinski definition) is 4. The van der Waals surface area contributed by atoms with Gasteiger partial charge in [0.1, 0.15) is 5.75 Å². The minimum atomic E-state index is 0.669. The Morgan fingerprint density at radius 2 is 2.26 bits per heavy atom. The Bertz CT molecular complexity index is 542. The van der Waals surface area contributed by atoms with Crippen LogP contribution in [0, 0.1) is 6.92 Å². The van der Waals surface area contributed by atoms with Gasteiger partial charge in [0.2, 0.25) is 0 Å². The van der Waals surface area contributed by atoms with Gasteiger partial charge in [0.05, 0.1) is 22.3 Å². The molecule has 2 rings (SSSR count). The van der Waals surface area contributed by atoms with E-state index in [1.807, 2.05) is 31.6 Å². The molecule has 0 aliphatic rings. The van der Waals surface area contributed by atoms with Gasteiger partial charge in [0.25, 0.3) is 0 Å². The van der Waals surface area contributed by atoms with Crippen LogP contribution >= 0.6 is 27.3 Å². The molecule has 0 atom stereocenters. The average molecular weight is 341 g/mol. The number of aromatic nitrogens is 1. The van der Waals surface area contributed by atoms with Gasteiger partial charge in [-0.25, -0.2) is 4.98 Å². The molecule has 0 saturated carbocycles. The maximum Gasteiger partial charge on any atom is 0.137 e. The van der Waals surface area contributed by atoms with Gasteiger partial charge in [0.15, 0.2) is 0 Å². The van der Waals surface area contributed by atoms with Crippen LogP contribution in [0.25, 0.3) is 0 Å². The first-order valence-corrected chi connectivity index (χ1v) is 7.83. The van der Waals surface area contributed by atoms with Crippen molar-refractivity contribution in [1.29, 1.82) is 0 Å². The van der Waals surface area contributed by atoms with Crippen LogP contribution in [0.2, 0.25) is 0 Å². The summed E-state index contributed by atoms with van der Waals surface area (Å²) in [6.07, 6.45) is 0.900. The highest BCUT2D eigenvalue weighted by Crippen LogP contribution is 2.29. The fraction of sp³-hybridized carbons (Fsp3) is 0.357. The minimum absolute atomic E-state index is 0.669. The minimum Gasteiger partial charge on any atom is -0.492 e. The SMILES string of the molecule is CNCc1cccc(Br)c1OCCc1scnc1C. The first kappa shape index (κ1) is 14.5. The van der Waals surface area contributed by atoms with Crippen molar-refractivity contribution in [1.82, 2.24) is 10.3 Å². The third-order valence-electron chi connectivity index (χ3n) is 2.84. The van der Waals surface area contributed by atoms with E-state index in [0.29, 0.717) is 6.61 Å². The van der Waals surface area contributed by atoms with Gasteiger partial charge < -0.3 is 10.1 Å². The molecule has 0 radical (unpaired) electrons. The van der Waals surface area contributed by atoms with E-state index in [0.717, 1.165) is 34.4 Å². The summed E-state index contributed by atoms with van der Waals surface area (Å²) in [5.41, 5.74) is 4.16. The molecule has 1 heterocycles.